The monoisotopic (exact) mass is 417 g/mol. The van der Waals surface area contributed by atoms with E-state index in [0.717, 1.165) is 34.8 Å². The number of nitrogens with zero attached hydrogens (tertiary/aromatic N) is 3. The van der Waals surface area contributed by atoms with Gasteiger partial charge in [0.2, 0.25) is 0 Å². The molecule has 0 aliphatic carbocycles. The van der Waals surface area contributed by atoms with Crippen LogP contribution in [0, 0.1) is 3.57 Å². The summed E-state index contributed by atoms with van der Waals surface area (Å²) in [6.07, 6.45) is 2.99. The molecule has 0 saturated carbocycles. The van der Waals surface area contributed by atoms with Crippen LogP contribution in [0.2, 0.25) is 0 Å². The van der Waals surface area contributed by atoms with Gasteiger partial charge in [-0.15, -0.1) is 22.9 Å². The van der Waals surface area contributed by atoms with E-state index in [-0.39, 0.29) is 0 Å². The molecule has 0 fully saturated rings. The number of aromatic nitrogens is 3. The average molecular weight is 418 g/mol. The lowest BCUT2D eigenvalue weighted by Crippen LogP contribution is -2.03. The van der Waals surface area contributed by atoms with Gasteiger partial charge in [-0.1, -0.05) is 6.92 Å². The fraction of sp³-hybridized carbons (Fsp3) is 0.286. The fourth-order valence-electron chi connectivity index (χ4n) is 2.15. The fourth-order valence-corrected chi connectivity index (χ4v) is 3.68. The maximum absolute atomic E-state index is 6.04. The van der Waals surface area contributed by atoms with E-state index in [1.165, 1.54) is 8.45 Å². The Morgan fingerprint density at radius 1 is 1.40 bits per heavy atom. The SMILES string of the molecule is CCc1cnc(Cn2c(CCl)nc3cc(I)ccc32)s1. The molecule has 20 heavy (non-hydrogen) atoms. The Bertz CT molecular complexity index is 750. The molecular formula is C14H13ClIN3S. The van der Waals surface area contributed by atoms with Gasteiger partial charge in [0.05, 0.1) is 23.5 Å². The first kappa shape index (κ1) is 14.3. The standard InChI is InChI=1S/C14H13ClIN3S/c1-2-10-7-17-14(20-10)8-19-12-4-3-9(16)5-11(12)18-13(19)6-15/h3-5,7H,2,6,8H2,1H3. The number of hydrogen-bond acceptors (Lipinski definition) is 3. The average Bonchev–Trinajstić information content (AvgIpc) is 3.03. The van der Waals surface area contributed by atoms with Crippen LogP contribution in [0.3, 0.4) is 0 Å². The van der Waals surface area contributed by atoms with Crippen molar-refractivity contribution in [2.45, 2.75) is 25.8 Å². The van der Waals surface area contributed by atoms with Gasteiger partial charge >= 0.3 is 0 Å². The van der Waals surface area contributed by atoms with E-state index >= 15 is 0 Å². The summed E-state index contributed by atoms with van der Waals surface area (Å²) < 4.78 is 3.35. The highest BCUT2D eigenvalue weighted by Crippen LogP contribution is 2.23. The molecule has 0 N–H and O–H groups in total. The molecule has 0 aliphatic heterocycles. The second-order valence-electron chi connectivity index (χ2n) is 4.45. The minimum absolute atomic E-state index is 0.414. The molecule has 0 aliphatic rings. The second kappa shape index (κ2) is 5.99. The number of benzene rings is 1. The van der Waals surface area contributed by atoms with E-state index in [2.05, 4.69) is 62.2 Å². The molecule has 0 unspecified atom stereocenters. The third-order valence-electron chi connectivity index (χ3n) is 3.15. The van der Waals surface area contributed by atoms with E-state index in [1.807, 2.05) is 6.20 Å². The van der Waals surface area contributed by atoms with Gasteiger partial charge in [0, 0.05) is 14.6 Å². The van der Waals surface area contributed by atoms with Gasteiger partial charge in [0.1, 0.15) is 10.8 Å². The van der Waals surface area contributed by atoms with E-state index in [0.29, 0.717) is 5.88 Å². The summed E-state index contributed by atoms with van der Waals surface area (Å²) >= 11 is 10.1. The van der Waals surface area contributed by atoms with Crippen LogP contribution in [0.4, 0.5) is 0 Å². The van der Waals surface area contributed by atoms with Gasteiger partial charge in [-0.3, -0.25) is 0 Å². The van der Waals surface area contributed by atoms with Crippen molar-refractivity contribution in [2.75, 3.05) is 0 Å². The summed E-state index contributed by atoms with van der Waals surface area (Å²) in [5.41, 5.74) is 2.12. The second-order valence-corrected chi connectivity index (χ2v) is 7.17. The Labute approximate surface area is 140 Å². The number of fused-ring (bicyclic) bond motifs is 1. The van der Waals surface area contributed by atoms with Crippen molar-refractivity contribution >= 4 is 56.6 Å². The Morgan fingerprint density at radius 2 is 2.25 bits per heavy atom. The molecule has 2 aromatic heterocycles. The lowest BCUT2D eigenvalue weighted by molar-refractivity contribution is 0.773. The van der Waals surface area contributed by atoms with E-state index in [1.54, 1.807) is 11.3 Å². The van der Waals surface area contributed by atoms with E-state index < -0.39 is 0 Å². The molecule has 0 bridgehead atoms. The predicted octanol–water partition coefficient (Wildman–Crippen LogP) is 4.45. The minimum Gasteiger partial charge on any atom is -0.320 e. The summed E-state index contributed by atoms with van der Waals surface area (Å²) in [5, 5.41) is 1.10. The summed E-state index contributed by atoms with van der Waals surface area (Å²) in [5.74, 6) is 1.31. The number of alkyl halides is 1. The Balaban J connectivity index is 2.04. The van der Waals surface area contributed by atoms with Crippen molar-refractivity contribution in [3.8, 4) is 0 Å². The Hall–Kier alpha value is -0.660. The molecule has 0 spiro atoms. The summed E-state index contributed by atoms with van der Waals surface area (Å²) in [6, 6.07) is 6.29. The highest BCUT2D eigenvalue weighted by atomic mass is 127. The molecule has 2 heterocycles. The lowest BCUT2D eigenvalue weighted by atomic mass is 10.3. The van der Waals surface area contributed by atoms with Crippen LogP contribution in [0.5, 0.6) is 0 Å². The van der Waals surface area contributed by atoms with Crippen LogP contribution >= 0.6 is 45.5 Å². The molecule has 3 nitrogen and oxygen atoms in total. The first-order chi connectivity index (χ1) is 9.71. The molecule has 0 amide bonds. The first-order valence-electron chi connectivity index (χ1n) is 6.35. The van der Waals surface area contributed by atoms with Crippen molar-refractivity contribution in [2.24, 2.45) is 0 Å². The molecule has 0 atom stereocenters. The molecule has 3 aromatic rings. The predicted molar refractivity (Wildman–Crippen MR) is 92.6 cm³/mol. The van der Waals surface area contributed by atoms with E-state index in [9.17, 15) is 0 Å². The smallest absolute Gasteiger partial charge is 0.125 e. The minimum atomic E-state index is 0.414. The first-order valence-corrected chi connectivity index (χ1v) is 8.78. The molecule has 3 rings (SSSR count). The van der Waals surface area contributed by atoms with Crippen LogP contribution in [0.25, 0.3) is 11.0 Å². The number of halogens is 2. The van der Waals surface area contributed by atoms with Crippen LogP contribution in [-0.4, -0.2) is 14.5 Å². The summed E-state index contributed by atoms with van der Waals surface area (Å²) in [6.45, 7) is 2.89. The van der Waals surface area contributed by atoms with Gasteiger partial charge in [0.15, 0.2) is 0 Å². The maximum atomic E-state index is 6.04. The van der Waals surface area contributed by atoms with Crippen LogP contribution in [-0.2, 0) is 18.8 Å². The van der Waals surface area contributed by atoms with Gasteiger partial charge in [-0.2, -0.15) is 0 Å². The largest absolute Gasteiger partial charge is 0.320 e. The number of aryl methyl sites for hydroxylation is 1. The maximum Gasteiger partial charge on any atom is 0.125 e. The van der Waals surface area contributed by atoms with Crippen LogP contribution in [0.1, 0.15) is 22.6 Å². The van der Waals surface area contributed by atoms with Crippen molar-refractivity contribution in [3.63, 3.8) is 0 Å². The number of imidazole rings is 1. The normalized spacial score (nSPS) is 11.3. The molecule has 6 heteroatoms. The zero-order valence-electron chi connectivity index (χ0n) is 10.9. The van der Waals surface area contributed by atoms with Crippen molar-refractivity contribution in [1.82, 2.24) is 14.5 Å². The van der Waals surface area contributed by atoms with Crippen LogP contribution < -0.4 is 0 Å². The molecule has 104 valence electrons. The molecule has 1 aromatic carbocycles. The highest BCUT2D eigenvalue weighted by molar-refractivity contribution is 14.1. The topological polar surface area (TPSA) is 30.7 Å². The summed E-state index contributed by atoms with van der Waals surface area (Å²) in [4.78, 5) is 10.4. The van der Waals surface area contributed by atoms with Crippen molar-refractivity contribution in [1.29, 1.82) is 0 Å². The highest BCUT2D eigenvalue weighted by Gasteiger charge is 2.12. The Morgan fingerprint density at radius 3 is 2.95 bits per heavy atom. The zero-order valence-corrected chi connectivity index (χ0v) is 14.7. The third-order valence-corrected chi connectivity index (χ3v) is 5.19. The number of rotatable bonds is 4. The number of thiazole rings is 1. The Kier molecular flexibility index (Phi) is 4.28. The summed E-state index contributed by atoms with van der Waals surface area (Å²) in [7, 11) is 0. The van der Waals surface area contributed by atoms with Crippen molar-refractivity contribution < 1.29 is 0 Å². The van der Waals surface area contributed by atoms with Crippen molar-refractivity contribution in [3.05, 3.63) is 43.7 Å². The zero-order chi connectivity index (χ0) is 14.1. The quantitative estimate of drug-likeness (QED) is 0.464. The van der Waals surface area contributed by atoms with Crippen LogP contribution in [0.15, 0.2) is 24.4 Å². The lowest BCUT2D eigenvalue weighted by Gasteiger charge is -2.05. The third kappa shape index (κ3) is 2.71. The van der Waals surface area contributed by atoms with Gasteiger partial charge in [-0.25, -0.2) is 9.97 Å². The molecule has 0 radical (unpaired) electrons. The number of hydrogen-bond donors (Lipinski definition) is 0. The van der Waals surface area contributed by atoms with Gasteiger partial charge < -0.3 is 4.57 Å². The van der Waals surface area contributed by atoms with Gasteiger partial charge in [0.25, 0.3) is 0 Å². The molecule has 0 saturated heterocycles. The van der Waals surface area contributed by atoms with Gasteiger partial charge in [-0.05, 0) is 47.2 Å². The van der Waals surface area contributed by atoms with E-state index in [4.69, 9.17) is 11.6 Å². The molecular weight excluding hydrogens is 405 g/mol.